The molecular formula is C22H32N4O2S. The van der Waals surface area contributed by atoms with Crippen LogP contribution in [-0.2, 0) is 0 Å². The Morgan fingerprint density at radius 3 is 2.62 bits per heavy atom. The van der Waals surface area contributed by atoms with Crippen LogP contribution in [0.1, 0.15) is 76.9 Å². The first-order valence-corrected chi connectivity index (χ1v) is 11.1. The van der Waals surface area contributed by atoms with Crippen LogP contribution in [0.15, 0.2) is 39.7 Å². The molecular weight excluding hydrogens is 384 g/mol. The number of nitrogens with zero attached hydrogens (tertiary/aromatic N) is 2. The number of nitrogens with one attached hydrogen (secondary N) is 2. The summed E-state index contributed by atoms with van der Waals surface area (Å²) in [5.41, 5.74) is 2.04. The van der Waals surface area contributed by atoms with Crippen molar-refractivity contribution in [3.63, 3.8) is 0 Å². The van der Waals surface area contributed by atoms with E-state index in [0.717, 1.165) is 47.3 Å². The maximum atomic E-state index is 9.51. The van der Waals surface area contributed by atoms with Crippen LogP contribution in [0.5, 0.6) is 0 Å². The number of anilines is 2. The third-order valence-corrected chi connectivity index (χ3v) is 6.15. The Bertz CT molecular complexity index is 858. The molecule has 2 aromatic heterocycles. The molecule has 0 aliphatic heterocycles. The van der Waals surface area contributed by atoms with Crippen LogP contribution in [0.4, 0.5) is 11.6 Å². The Balaban J connectivity index is 1.68. The van der Waals surface area contributed by atoms with Crippen molar-refractivity contribution in [2.24, 2.45) is 5.92 Å². The van der Waals surface area contributed by atoms with Gasteiger partial charge in [-0.1, -0.05) is 18.9 Å². The van der Waals surface area contributed by atoms with Crippen LogP contribution in [0, 0.1) is 12.8 Å². The van der Waals surface area contributed by atoms with Crippen molar-refractivity contribution in [3.05, 3.63) is 46.8 Å². The van der Waals surface area contributed by atoms with Gasteiger partial charge < -0.3 is 20.2 Å². The number of furan rings is 1. The van der Waals surface area contributed by atoms with Crippen molar-refractivity contribution in [2.75, 3.05) is 10.6 Å². The Kier molecular flexibility index (Phi) is 7.36. The standard InChI is InChI=1S/C22H32N4O2S/c1-14(17(4)27)8-7-9-15(2)23-21-22(26-29-25-21)24-20(18-10-5-6-11-18)19-13-12-16(3)28-19/h9,12-13,18,20,27H,5-8,10-11H2,1-4H3,(H,23,25)(H,24,26)/b15-9+,17-14+. The molecule has 0 amide bonds. The summed E-state index contributed by atoms with van der Waals surface area (Å²) >= 11 is 1.20. The summed E-state index contributed by atoms with van der Waals surface area (Å²) in [6.07, 6.45) is 8.77. The van der Waals surface area contributed by atoms with Crippen LogP contribution in [-0.4, -0.2) is 13.9 Å². The highest BCUT2D eigenvalue weighted by molar-refractivity contribution is 6.99. The molecule has 1 atom stereocenters. The van der Waals surface area contributed by atoms with Crippen molar-refractivity contribution in [3.8, 4) is 0 Å². The lowest BCUT2D eigenvalue weighted by atomic mass is 9.96. The van der Waals surface area contributed by atoms with Crippen LogP contribution in [0.3, 0.4) is 0 Å². The van der Waals surface area contributed by atoms with Gasteiger partial charge in [-0.15, -0.1) is 0 Å². The molecule has 1 aliphatic rings. The van der Waals surface area contributed by atoms with E-state index in [1.54, 1.807) is 6.92 Å². The minimum atomic E-state index is 0.111. The first-order valence-electron chi connectivity index (χ1n) is 10.4. The minimum Gasteiger partial charge on any atom is -0.513 e. The van der Waals surface area contributed by atoms with E-state index in [-0.39, 0.29) is 6.04 Å². The van der Waals surface area contributed by atoms with E-state index in [1.807, 2.05) is 26.8 Å². The van der Waals surface area contributed by atoms with Crippen molar-refractivity contribution in [2.45, 2.75) is 72.3 Å². The summed E-state index contributed by atoms with van der Waals surface area (Å²) in [7, 11) is 0. The number of aliphatic hydroxyl groups is 1. The molecule has 0 radical (unpaired) electrons. The Labute approximate surface area is 177 Å². The number of hydrogen-bond acceptors (Lipinski definition) is 7. The van der Waals surface area contributed by atoms with Gasteiger partial charge in [0, 0.05) is 5.70 Å². The summed E-state index contributed by atoms with van der Waals surface area (Å²) in [5, 5.41) is 16.5. The monoisotopic (exact) mass is 416 g/mol. The molecule has 158 valence electrons. The lowest BCUT2D eigenvalue weighted by Gasteiger charge is -2.23. The van der Waals surface area contributed by atoms with E-state index in [4.69, 9.17) is 4.42 Å². The quantitative estimate of drug-likeness (QED) is 0.393. The van der Waals surface area contributed by atoms with Crippen molar-refractivity contribution >= 4 is 23.4 Å². The average molecular weight is 417 g/mol. The van der Waals surface area contributed by atoms with E-state index < -0.39 is 0 Å². The van der Waals surface area contributed by atoms with E-state index in [2.05, 4.69) is 31.5 Å². The molecule has 3 rings (SSSR count). The molecule has 0 bridgehead atoms. The highest BCUT2D eigenvalue weighted by Gasteiger charge is 2.30. The van der Waals surface area contributed by atoms with Gasteiger partial charge in [0.25, 0.3) is 0 Å². The molecule has 1 fully saturated rings. The molecule has 2 heterocycles. The Morgan fingerprint density at radius 1 is 1.24 bits per heavy atom. The molecule has 0 aromatic carbocycles. The molecule has 1 saturated carbocycles. The fraction of sp³-hybridized carbons (Fsp3) is 0.545. The van der Waals surface area contributed by atoms with Crippen LogP contribution in [0.25, 0.3) is 0 Å². The molecule has 0 saturated heterocycles. The van der Waals surface area contributed by atoms with Gasteiger partial charge in [0.2, 0.25) is 0 Å². The second-order valence-electron chi connectivity index (χ2n) is 7.99. The molecule has 3 N–H and O–H groups in total. The van der Waals surface area contributed by atoms with Crippen molar-refractivity contribution in [1.29, 1.82) is 0 Å². The number of rotatable bonds is 9. The lowest BCUT2D eigenvalue weighted by molar-refractivity contribution is 0.379. The van der Waals surface area contributed by atoms with Gasteiger partial charge in [0.1, 0.15) is 11.5 Å². The van der Waals surface area contributed by atoms with E-state index in [9.17, 15) is 5.11 Å². The topological polar surface area (TPSA) is 83.2 Å². The van der Waals surface area contributed by atoms with Crippen LogP contribution < -0.4 is 10.6 Å². The third-order valence-electron chi connectivity index (χ3n) is 5.62. The van der Waals surface area contributed by atoms with E-state index >= 15 is 0 Å². The number of aromatic nitrogens is 2. The molecule has 2 aromatic rings. The number of aliphatic hydroxyl groups excluding tert-OH is 1. The normalized spacial score (nSPS) is 17.3. The Hall–Kier alpha value is -2.28. The van der Waals surface area contributed by atoms with Gasteiger partial charge in [-0.2, -0.15) is 8.75 Å². The minimum absolute atomic E-state index is 0.111. The van der Waals surface area contributed by atoms with Crippen LogP contribution >= 0.6 is 11.7 Å². The molecule has 6 nitrogen and oxygen atoms in total. The molecule has 7 heteroatoms. The predicted molar refractivity (Wildman–Crippen MR) is 119 cm³/mol. The second-order valence-corrected chi connectivity index (χ2v) is 8.52. The number of aryl methyl sites for hydroxylation is 1. The van der Waals surface area contributed by atoms with E-state index in [1.165, 1.54) is 37.4 Å². The van der Waals surface area contributed by atoms with Crippen molar-refractivity contribution in [1.82, 2.24) is 8.75 Å². The van der Waals surface area contributed by atoms with Gasteiger partial charge >= 0.3 is 0 Å². The zero-order valence-corrected chi connectivity index (χ0v) is 18.6. The Morgan fingerprint density at radius 2 is 1.97 bits per heavy atom. The van der Waals surface area contributed by atoms with Crippen molar-refractivity contribution < 1.29 is 9.52 Å². The molecule has 29 heavy (non-hydrogen) atoms. The van der Waals surface area contributed by atoms with Gasteiger partial charge in [-0.05, 0) is 77.0 Å². The predicted octanol–water partition coefficient (Wildman–Crippen LogP) is 6.73. The summed E-state index contributed by atoms with van der Waals surface area (Å²) in [5.74, 6) is 4.38. The third kappa shape index (κ3) is 5.85. The van der Waals surface area contributed by atoms with Gasteiger partial charge in [0.15, 0.2) is 11.6 Å². The largest absolute Gasteiger partial charge is 0.513 e. The summed E-state index contributed by atoms with van der Waals surface area (Å²) < 4.78 is 14.9. The summed E-state index contributed by atoms with van der Waals surface area (Å²) in [6, 6.07) is 4.21. The fourth-order valence-electron chi connectivity index (χ4n) is 3.77. The maximum absolute atomic E-state index is 9.51. The summed E-state index contributed by atoms with van der Waals surface area (Å²) in [4.78, 5) is 0. The highest BCUT2D eigenvalue weighted by atomic mass is 32.1. The maximum Gasteiger partial charge on any atom is 0.188 e. The van der Waals surface area contributed by atoms with Gasteiger partial charge in [0.05, 0.1) is 23.5 Å². The zero-order chi connectivity index (χ0) is 20.8. The molecule has 1 aliphatic carbocycles. The fourth-order valence-corrected chi connectivity index (χ4v) is 4.24. The smallest absolute Gasteiger partial charge is 0.188 e. The highest BCUT2D eigenvalue weighted by Crippen LogP contribution is 2.39. The average Bonchev–Trinajstić information content (AvgIpc) is 3.42. The summed E-state index contributed by atoms with van der Waals surface area (Å²) in [6.45, 7) is 7.69. The number of hydrogen-bond donors (Lipinski definition) is 3. The number of allylic oxidation sites excluding steroid dienone is 4. The first kappa shape index (κ1) is 21.4. The lowest BCUT2D eigenvalue weighted by Crippen LogP contribution is -2.19. The van der Waals surface area contributed by atoms with E-state index in [0.29, 0.717) is 11.7 Å². The second kappa shape index (κ2) is 9.96. The molecule has 1 unspecified atom stereocenters. The zero-order valence-electron chi connectivity index (χ0n) is 17.8. The first-order chi connectivity index (χ1) is 13.9. The molecule has 0 spiro atoms. The van der Waals surface area contributed by atoms with Gasteiger partial charge in [-0.25, -0.2) is 0 Å². The SMILES string of the molecule is C/C(=C\CC/C(C)=C(\C)O)Nc1nsnc1NC(c1ccc(C)o1)C1CCCC1. The van der Waals surface area contributed by atoms with Crippen LogP contribution in [0.2, 0.25) is 0 Å². The van der Waals surface area contributed by atoms with Gasteiger partial charge in [-0.3, -0.25) is 0 Å².